The first-order valence-corrected chi connectivity index (χ1v) is 7.15. The Hall–Kier alpha value is -1.79. The molecule has 1 rings (SSSR count). The topological polar surface area (TPSA) is 46.3 Å². The van der Waals surface area contributed by atoms with E-state index in [4.69, 9.17) is 5.73 Å². The molecule has 0 aliphatic heterocycles. The number of hydrogen-bond donors (Lipinski definition) is 1. The molecular formula is C17H24N2O. The van der Waals surface area contributed by atoms with E-state index in [1.807, 2.05) is 32.2 Å². The summed E-state index contributed by atoms with van der Waals surface area (Å²) in [5.74, 6) is 5.85. The maximum atomic E-state index is 12.5. The van der Waals surface area contributed by atoms with Crippen LogP contribution in [-0.4, -0.2) is 30.9 Å². The molecule has 20 heavy (non-hydrogen) atoms. The number of amides is 1. The standard InChI is InChI=1S/C17H24N2O/c1-4-5-6-12-19(3)17(20)16-10-9-14(2)13-15(16)8-7-11-18/h9-10,13H,4-6,11-12,18H2,1-3H3. The molecule has 1 aromatic rings. The van der Waals surface area contributed by atoms with Crippen molar-refractivity contribution in [3.05, 3.63) is 34.9 Å². The van der Waals surface area contributed by atoms with Gasteiger partial charge >= 0.3 is 0 Å². The van der Waals surface area contributed by atoms with Gasteiger partial charge in [-0.1, -0.05) is 37.7 Å². The number of benzene rings is 1. The summed E-state index contributed by atoms with van der Waals surface area (Å²) in [7, 11) is 1.85. The van der Waals surface area contributed by atoms with E-state index in [0.29, 0.717) is 12.1 Å². The van der Waals surface area contributed by atoms with E-state index >= 15 is 0 Å². The average molecular weight is 272 g/mol. The lowest BCUT2D eigenvalue weighted by molar-refractivity contribution is 0.0792. The van der Waals surface area contributed by atoms with E-state index in [9.17, 15) is 4.79 Å². The van der Waals surface area contributed by atoms with Gasteiger partial charge in [0.05, 0.1) is 12.1 Å². The van der Waals surface area contributed by atoms with Gasteiger partial charge in [-0.25, -0.2) is 0 Å². The lowest BCUT2D eigenvalue weighted by Crippen LogP contribution is -2.28. The molecule has 0 unspecified atom stereocenters. The first kappa shape index (κ1) is 16.3. The van der Waals surface area contributed by atoms with E-state index in [1.165, 1.54) is 0 Å². The summed E-state index contributed by atoms with van der Waals surface area (Å²) in [6.07, 6.45) is 3.33. The second-order valence-corrected chi connectivity index (χ2v) is 4.99. The van der Waals surface area contributed by atoms with Crippen LogP contribution in [0, 0.1) is 18.8 Å². The largest absolute Gasteiger partial charge is 0.342 e. The minimum Gasteiger partial charge on any atom is -0.342 e. The van der Waals surface area contributed by atoms with Gasteiger partial charge < -0.3 is 10.6 Å². The molecule has 0 bridgehead atoms. The molecule has 0 heterocycles. The molecule has 0 saturated carbocycles. The maximum absolute atomic E-state index is 12.5. The van der Waals surface area contributed by atoms with Crippen LogP contribution in [0.4, 0.5) is 0 Å². The second kappa shape index (κ2) is 8.39. The van der Waals surface area contributed by atoms with Gasteiger partial charge in [0.1, 0.15) is 0 Å². The van der Waals surface area contributed by atoms with Crippen molar-refractivity contribution >= 4 is 5.91 Å². The smallest absolute Gasteiger partial charge is 0.254 e. The van der Waals surface area contributed by atoms with Crippen LogP contribution < -0.4 is 5.73 Å². The Balaban J connectivity index is 2.91. The van der Waals surface area contributed by atoms with Gasteiger partial charge in [0, 0.05) is 19.2 Å². The number of hydrogen-bond acceptors (Lipinski definition) is 2. The molecule has 0 aliphatic rings. The predicted molar refractivity (Wildman–Crippen MR) is 83.6 cm³/mol. The van der Waals surface area contributed by atoms with Crippen molar-refractivity contribution in [2.24, 2.45) is 5.73 Å². The normalized spacial score (nSPS) is 9.80. The van der Waals surface area contributed by atoms with Gasteiger partial charge in [0.2, 0.25) is 0 Å². The van der Waals surface area contributed by atoms with Gasteiger partial charge in [-0.15, -0.1) is 0 Å². The minimum atomic E-state index is 0.0300. The zero-order valence-electron chi connectivity index (χ0n) is 12.7. The third-order valence-electron chi connectivity index (χ3n) is 3.17. The maximum Gasteiger partial charge on any atom is 0.254 e. The highest BCUT2D eigenvalue weighted by molar-refractivity contribution is 5.96. The summed E-state index contributed by atoms with van der Waals surface area (Å²) in [4.78, 5) is 14.2. The van der Waals surface area contributed by atoms with Crippen LogP contribution in [0.2, 0.25) is 0 Å². The van der Waals surface area contributed by atoms with E-state index < -0.39 is 0 Å². The van der Waals surface area contributed by atoms with Gasteiger partial charge in [-0.2, -0.15) is 0 Å². The summed E-state index contributed by atoms with van der Waals surface area (Å²) in [6, 6.07) is 5.74. The lowest BCUT2D eigenvalue weighted by Gasteiger charge is -2.18. The zero-order valence-corrected chi connectivity index (χ0v) is 12.7. The van der Waals surface area contributed by atoms with Crippen molar-refractivity contribution in [1.82, 2.24) is 4.90 Å². The summed E-state index contributed by atoms with van der Waals surface area (Å²) < 4.78 is 0. The second-order valence-electron chi connectivity index (χ2n) is 4.99. The zero-order chi connectivity index (χ0) is 15.0. The highest BCUT2D eigenvalue weighted by Gasteiger charge is 2.14. The number of carbonyl (C=O) groups is 1. The van der Waals surface area contributed by atoms with Crippen LogP contribution in [0.25, 0.3) is 0 Å². The van der Waals surface area contributed by atoms with Crippen LogP contribution in [0.1, 0.15) is 47.7 Å². The van der Waals surface area contributed by atoms with Crippen LogP contribution in [0.5, 0.6) is 0 Å². The van der Waals surface area contributed by atoms with E-state index in [0.717, 1.165) is 36.9 Å². The summed E-state index contributed by atoms with van der Waals surface area (Å²) in [5.41, 5.74) is 7.94. The van der Waals surface area contributed by atoms with Crippen molar-refractivity contribution in [3.63, 3.8) is 0 Å². The number of nitrogens with two attached hydrogens (primary N) is 1. The third-order valence-corrected chi connectivity index (χ3v) is 3.17. The first-order chi connectivity index (χ1) is 9.60. The van der Waals surface area contributed by atoms with Crippen LogP contribution in [0.3, 0.4) is 0 Å². The third kappa shape index (κ3) is 4.71. The highest BCUT2D eigenvalue weighted by atomic mass is 16.2. The summed E-state index contributed by atoms with van der Waals surface area (Å²) in [6.45, 7) is 5.23. The van der Waals surface area contributed by atoms with Crippen molar-refractivity contribution in [3.8, 4) is 11.8 Å². The lowest BCUT2D eigenvalue weighted by atomic mass is 10.0. The minimum absolute atomic E-state index is 0.0300. The number of unbranched alkanes of at least 4 members (excludes halogenated alkanes) is 2. The Kier molecular flexibility index (Phi) is 6.83. The fourth-order valence-electron chi connectivity index (χ4n) is 2.00. The quantitative estimate of drug-likeness (QED) is 0.661. The molecule has 0 atom stereocenters. The Morgan fingerprint density at radius 1 is 1.35 bits per heavy atom. The molecule has 0 fully saturated rings. The Morgan fingerprint density at radius 2 is 2.10 bits per heavy atom. The number of aryl methyl sites for hydroxylation is 1. The Labute approximate surface area is 122 Å². The molecule has 0 radical (unpaired) electrons. The highest BCUT2D eigenvalue weighted by Crippen LogP contribution is 2.13. The molecule has 2 N–H and O–H groups in total. The van der Waals surface area contributed by atoms with E-state index in [2.05, 4.69) is 18.8 Å². The van der Waals surface area contributed by atoms with Gasteiger partial charge in [-0.3, -0.25) is 4.79 Å². The SMILES string of the molecule is CCCCCN(C)C(=O)c1ccc(C)cc1C#CCN. The molecule has 3 nitrogen and oxygen atoms in total. The Morgan fingerprint density at radius 3 is 2.75 bits per heavy atom. The molecule has 3 heteroatoms. The fraction of sp³-hybridized carbons (Fsp3) is 0.471. The summed E-state index contributed by atoms with van der Waals surface area (Å²) in [5, 5.41) is 0. The van der Waals surface area contributed by atoms with Crippen molar-refractivity contribution in [1.29, 1.82) is 0 Å². The molecular weight excluding hydrogens is 248 g/mol. The molecule has 108 valence electrons. The first-order valence-electron chi connectivity index (χ1n) is 7.15. The summed E-state index contributed by atoms with van der Waals surface area (Å²) >= 11 is 0. The monoisotopic (exact) mass is 272 g/mol. The Bertz CT molecular complexity index is 511. The van der Waals surface area contributed by atoms with Crippen molar-refractivity contribution < 1.29 is 4.79 Å². The van der Waals surface area contributed by atoms with Crippen molar-refractivity contribution in [2.45, 2.75) is 33.1 Å². The van der Waals surface area contributed by atoms with Gasteiger partial charge in [-0.05, 0) is 31.0 Å². The van der Waals surface area contributed by atoms with E-state index in [1.54, 1.807) is 4.90 Å². The average Bonchev–Trinajstić information content (AvgIpc) is 2.44. The molecule has 0 spiro atoms. The molecule has 1 amide bonds. The molecule has 0 aromatic heterocycles. The number of carbonyl (C=O) groups excluding carboxylic acids is 1. The number of nitrogens with zero attached hydrogens (tertiary/aromatic N) is 1. The predicted octanol–water partition coefficient (Wildman–Crippen LogP) is 2.57. The van der Waals surface area contributed by atoms with Crippen LogP contribution in [-0.2, 0) is 0 Å². The molecule has 0 saturated heterocycles. The van der Waals surface area contributed by atoms with Gasteiger partial charge in [0.15, 0.2) is 0 Å². The van der Waals surface area contributed by atoms with Gasteiger partial charge in [0.25, 0.3) is 5.91 Å². The van der Waals surface area contributed by atoms with Crippen LogP contribution >= 0.6 is 0 Å². The van der Waals surface area contributed by atoms with Crippen molar-refractivity contribution in [2.75, 3.05) is 20.1 Å². The molecule has 0 aliphatic carbocycles. The van der Waals surface area contributed by atoms with Crippen LogP contribution in [0.15, 0.2) is 18.2 Å². The fourth-order valence-corrected chi connectivity index (χ4v) is 2.00. The number of rotatable bonds is 5. The van der Waals surface area contributed by atoms with E-state index in [-0.39, 0.29) is 5.91 Å². The molecule has 1 aromatic carbocycles.